The van der Waals surface area contributed by atoms with Gasteiger partial charge in [0.2, 0.25) is 0 Å². The van der Waals surface area contributed by atoms with Gasteiger partial charge < -0.3 is 9.47 Å². The minimum Gasteiger partial charge on any atom is -0.493 e. The standard InChI is InChI=1S/C18H17F3N2O3/c1-12(22-23-17(24)18(19,20)21)14-8-9-15(16(10-14)25-2)26-11-13-6-4-3-5-7-13/h3-10H,11H2,1-2H3,(H,23,24). The van der Waals surface area contributed by atoms with Crippen LogP contribution in [0.2, 0.25) is 0 Å². The largest absolute Gasteiger partial charge is 0.493 e. The quantitative estimate of drug-likeness (QED) is 0.627. The fourth-order valence-electron chi connectivity index (χ4n) is 2.01. The fourth-order valence-corrected chi connectivity index (χ4v) is 2.01. The lowest BCUT2D eigenvalue weighted by Gasteiger charge is -2.12. The van der Waals surface area contributed by atoms with Gasteiger partial charge in [-0.2, -0.15) is 18.3 Å². The molecule has 0 aromatic heterocycles. The summed E-state index contributed by atoms with van der Waals surface area (Å²) in [5, 5.41) is 3.46. The molecule has 2 aromatic carbocycles. The highest BCUT2D eigenvalue weighted by atomic mass is 19.4. The molecule has 8 heteroatoms. The molecular weight excluding hydrogens is 349 g/mol. The molecule has 2 rings (SSSR count). The van der Waals surface area contributed by atoms with E-state index in [4.69, 9.17) is 9.47 Å². The number of rotatable bonds is 6. The number of nitrogens with one attached hydrogen (secondary N) is 1. The lowest BCUT2D eigenvalue weighted by Crippen LogP contribution is -2.34. The molecule has 0 saturated heterocycles. The van der Waals surface area contributed by atoms with Gasteiger partial charge >= 0.3 is 12.1 Å². The molecule has 0 saturated carbocycles. The van der Waals surface area contributed by atoms with Crippen molar-refractivity contribution in [1.29, 1.82) is 0 Å². The highest BCUT2D eigenvalue weighted by Gasteiger charge is 2.38. The van der Waals surface area contributed by atoms with Crippen molar-refractivity contribution < 1.29 is 27.4 Å². The Kier molecular flexibility index (Phi) is 6.21. The number of ether oxygens (including phenoxy) is 2. The molecule has 0 atom stereocenters. The lowest BCUT2D eigenvalue weighted by atomic mass is 10.1. The number of carbonyl (C=O) groups excluding carboxylic acids is 1. The van der Waals surface area contributed by atoms with Crippen molar-refractivity contribution in [3.05, 3.63) is 59.7 Å². The Morgan fingerprint density at radius 3 is 2.42 bits per heavy atom. The molecule has 0 heterocycles. The average molecular weight is 366 g/mol. The van der Waals surface area contributed by atoms with E-state index >= 15 is 0 Å². The summed E-state index contributed by atoms with van der Waals surface area (Å²) in [6, 6.07) is 14.3. The SMILES string of the molecule is COc1cc(C(C)=NNC(=O)C(F)(F)F)ccc1OCc1ccccc1. The number of halogens is 3. The molecule has 0 spiro atoms. The maximum absolute atomic E-state index is 12.2. The van der Waals surface area contributed by atoms with Crippen LogP contribution in [0.3, 0.4) is 0 Å². The second-order valence-corrected chi connectivity index (χ2v) is 5.28. The van der Waals surface area contributed by atoms with E-state index in [9.17, 15) is 18.0 Å². The summed E-state index contributed by atoms with van der Waals surface area (Å²) in [6.45, 7) is 1.81. The van der Waals surface area contributed by atoms with Gasteiger partial charge in [0.15, 0.2) is 11.5 Å². The van der Waals surface area contributed by atoms with E-state index in [-0.39, 0.29) is 5.71 Å². The first kappa shape index (κ1) is 19.3. The highest BCUT2D eigenvalue weighted by molar-refractivity contribution is 6.00. The van der Waals surface area contributed by atoms with Crippen molar-refractivity contribution in [2.45, 2.75) is 19.7 Å². The molecule has 0 aliphatic carbocycles. The molecule has 0 bridgehead atoms. The monoisotopic (exact) mass is 366 g/mol. The zero-order valence-corrected chi connectivity index (χ0v) is 14.1. The fraction of sp³-hybridized carbons (Fsp3) is 0.222. The first-order chi connectivity index (χ1) is 12.3. The zero-order valence-electron chi connectivity index (χ0n) is 14.1. The summed E-state index contributed by atoms with van der Waals surface area (Å²) in [7, 11) is 1.45. The van der Waals surface area contributed by atoms with Gasteiger partial charge in [0.25, 0.3) is 0 Å². The van der Waals surface area contributed by atoms with Crippen LogP contribution in [0.4, 0.5) is 13.2 Å². The Morgan fingerprint density at radius 1 is 1.12 bits per heavy atom. The van der Waals surface area contributed by atoms with Crippen LogP contribution in [0.25, 0.3) is 0 Å². The van der Waals surface area contributed by atoms with Crippen molar-refractivity contribution in [3.63, 3.8) is 0 Å². The van der Waals surface area contributed by atoms with Crippen LogP contribution in [0.5, 0.6) is 11.5 Å². The molecule has 0 aliphatic heterocycles. The summed E-state index contributed by atoms with van der Waals surface area (Å²) in [5.41, 5.74) is 3.12. The van der Waals surface area contributed by atoms with Crippen molar-refractivity contribution in [2.75, 3.05) is 7.11 Å². The van der Waals surface area contributed by atoms with Gasteiger partial charge in [-0.3, -0.25) is 4.79 Å². The van der Waals surface area contributed by atoms with Crippen LogP contribution in [0.1, 0.15) is 18.1 Å². The zero-order chi connectivity index (χ0) is 19.2. The summed E-state index contributed by atoms with van der Waals surface area (Å²) >= 11 is 0. The number of hydrogen-bond donors (Lipinski definition) is 1. The van der Waals surface area contributed by atoms with Gasteiger partial charge in [-0.05, 0) is 30.7 Å². The van der Waals surface area contributed by atoms with Gasteiger partial charge in [0.1, 0.15) is 6.61 Å². The van der Waals surface area contributed by atoms with Gasteiger partial charge in [-0.25, -0.2) is 5.43 Å². The third kappa shape index (κ3) is 5.23. The van der Waals surface area contributed by atoms with E-state index in [1.165, 1.54) is 19.5 Å². The third-order valence-corrected chi connectivity index (χ3v) is 3.40. The van der Waals surface area contributed by atoms with E-state index < -0.39 is 12.1 Å². The first-order valence-corrected chi connectivity index (χ1v) is 7.58. The third-order valence-electron chi connectivity index (χ3n) is 3.40. The average Bonchev–Trinajstić information content (AvgIpc) is 2.64. The Balaban J connectivity index is 2.10. The van der Waals surface area contributed by atoms with Gasteiger partial charge in [0, 0.05) is 5.56 Å². The van der Waals surface area contributed by atoms with Crippen molar-refractivity contribution >= 4 is 11.6 Å². The van der Waals surface area contributed by atoms with Crippen LogP contribution >= 0.6 is 0 Å². The van der Waals surface area contributed by atoms with Crippen molar-refractivity contribution in [3.8, 4) is 11.5 Å². The molecular formula is C18H17F3N2O3. The number of benzene rings is 2. The second-order valence-electron chi connectivity index (χ2n) is 5.28. The predicted octanol–water partition coefficient (Wildman–Crippen LogP) is 3.68. The van der Waals surface area contributed by atoms with Gasteiger partial charge in [-0.1, -0.05) is 30.3 Å². The topological polar surface area (TPSA) is 59.9 Å². The Hall–Kier alpha value is -3.03. The highest BCUT2D eigenvalue weighted by Crippen LogP contribution is 2.29. The van der Waals surface area contributed by atoms with Crippen LogP contribution in [0.15, 0.2) is 53.6 Å². The summed E-state index contributed by atoms with van der Waals surface area (Å²) in [6.07, 6.45) is -4.99. The molecule has 0 aliphatic rings. The smallest absolute Gasteiger partial charge is 0.473 e. The molecule has 1 amide bonds. The molecule has 1 N–H and O–H groups in total. The van der Waals surface area contributed by atoms with Crippen molar-refractivity contribution in [1.82, 2.24) is 5.43 Å². The number of hydrogen-bond acceptors (Lipinski definition) is 4. The summed E-state index contributed by atoms with van der Waals surface area (Å²) in [4.78, 5) is 10.8. The number of carbonyl (C=O) groups is 1. The van der Waals surface area contributed by atoms with E-state index in [0.717, 1.165) is 5.56 Å². The first-order valence-electron chi connectivity index (χ1n) is 7.58. The molecule has 0 radical (unpaired) electrons. The Bertz CT molecular complexity index is 790. The Morgan fingerprint density at radius 2 is 1.81 bits per heavy atom. The number of methoxy groups -OCH3 is 1. The van der Waals surface area contributed by atoms with Crippen molar-refractivity contribution in [2.24, 2.45) is 5.10 Å². The molecule has 2 aromatic rings. The maximum atomic E-state index is 12.2. The van der Waals surface area contributed by atoms with Crippen LogP contribution in [-0.4, -0.2) is 24.9 Å². The number of alkyl halides is 3. The number of nitrogens with zero attached hydrogens (tertiary/aromatic N) is 1. The minimum atomic E-state index is -4.99. The molecule has 0 unspecified atom stereocenters. The van der Waals surface area contributed by atoms with Gasteiger partial charge in [0.05, 0.1) is 12.8 Å². The molecule has 26 heavy (non-hydrogen) atoms. The van der Waals surface area contributed by atoms with E-state index in [1.54, 1.807) is 18.2 Å². The number of amides is 1. The maximum Gasteiger partial charge on any atom is 0.473 e. The summed E-state index contributed by atoms with van der Waals surface area (Å²) < 4.78 is 47.5. The molecule has 5 nitrogen and oxygen atoms in total. The molecule has 138 valence electrons. The van der Waals surface area contributed by atoms with E-state index in [1.807, 2.05) is 30.3 Å². The van der Waals surface area contributed by atoms with E-state index in [2.05, 4.69) is 5.10 Å². The summed E-state index contributed by atoms with van der Waals surface area (Å²) in [5.74, 6) is -1.26. The Labute approximate surface area is 148 Å². The normalized spacial score (nSPS) is 11.8. The second kappa shape index (κ2) is 8.37. The van der Waals surface area contributed by atoms with Crippen LogP contribution in [-0.2, 0) is 11.4 Å². The van der Waals surface area contributed by atoms with E-state index in [0.29, 0.717) is 23.7 Å². The van der Waals surface area contributed by atoms with Crippen LogP contribution in [0, 0.1) is 0 Å². The predicted molar refractivity (Wildman–Crippen MR) is 90.2 cm³/mol. The minimum absolute atomic E-state index is 0.190. The lowest BCUT2D eigenvalue weighted by molar-refractivity contribution is -0.173. The van der Waals surface area contributed by atoms with Crippen LogP contribution < -0.4 is 14.9 Å². The number of hydrazone groups is 1. The molecule has 0 fully saturated rings. The van der Waals surface area contributed by atoms with Gasteiger partial charge in [-0.15, -0.1) is 0 Å².